The Morgan fingerprint density at radius 1 is 1.00 bits per heavy atom. The predicted molar refractivity (Wildman–Crippen MR) is 140 cm³/mol. The van der Waals surface area contributed by atoms with Gasteiger partial charge in [0.05, 0.1) is 22.2 Å². The quantitative estimate of drug-likeness (QED) is 0.438. The standard InChI is InChI=1S/C28H31Cl2FN2O4/c29-22-6-3-18(12-23(22)30)15-32-10-7-17(8-11-32)16-37-26-14-24(31)21(13-20(26)19-4-5-19)27(34)33-9-1-2-25(33)28(35)36/h3,6,12-14,17,19,25H,1-2,4-5,7-11,15-16H2,(H,35,36). The highest BCUT2D eigenvalue weighted by Crippen LogP contribution is 2.45. The molecule has 1 amide bonds. The lowest BCUT2D eigenvalue weighted by Crippen LogP contribution is -2.40. The Balaban J connectivity index is 1.20. The minimum atomic E-state index is -1.04. The molecule has 3 fully saturated rings. The van der Waals surface area contributed by atoms with Crippen LogP contribution in [0.25, 0.3) is 0 Å². The topological polar surface area (TPSA) is 70.1 Å². The summed E-state index contributed by atoms with van der Waals surface area (Å²) in [7, 11) is 0. The fourth-order valence-electron chi connectivity index (χ4n) is 5.41. The molecular weight excluding hydrogens is 518 g/mol. The van der Waals surface area contributed by atoms with Gasteiger partial charge in [-0.15, -0.1) is 0 Å². The van der Waals surface area contributed by atoms with E-state index in [1.807, 2.05) is 18.2 Å². The van der Waals surface area contributed by atoms with Gasteiger partial charge in [0.2, 0.25) is 0 Å². The monoisotopic (exact) mass is 548 g/mol. The van der Waals surface area contributed by atoms with Gasteiger partial charge in [0.25, 0.3) is 5.91 Å². The maximum Gasteiger partial charge on any atom is 0.326 e. The number of amides is 1. The minimum Gasteiger partial charge on any atom is -0.493 e. The molecule has 2 aliphatic heterocycles. The summed E-state index contributed by atoms with van der Waals surface area (Å²) in [5.74, 6) is -1.13. The number of likely N-dealkylation sites (tertiary alicyclic amines) is 2. The van der Waals surface area contributed by atoms with Gasteiger partial charge in [-0.1, -0.05) is 29.3 Å². The van der Waals surface area contributed by atoms with Gasteiger partial charge in [-0.05, 0) is 92.8 Å². The molecule has 0 aromatic heterocycles. The first kappa shape index (κ1) is 26.3. The lowest BCUT2D eigenvalue weighted by atomic mass is 9.97. The summed E-state index contributed by atoms with van der Waals surface area (Å²) in [5.41, 5.74) is 1.93. The van der Waals surface area contributed by atoms with Crippen molar-refractivity contribution in [3.63, 3.8) is 0 Å². The number of carboxylic acids is 1. The summed E-state index contributed by atoms with van der Waals surface area (Å²) in [5, 5.41) is 10.6. The van der Waals surface area contributed by atoms with Crippen LogP contribution in [0, 0.1) is 11.7 Å². The van der Waals surface area contributed by atoms with Gasteiger partial charge in [0.15, 0.2) is 0 Å². The lowest BCUT2D eigenvalue weighted by Gasteiger charge is -2.32. The van der Waals surface area contributed by atoms with E-state index < -0.39 is 23.7 Å². The van der Waals surface area contributed by atoms with E-state index in [0.717, 1.165) is 56.4 Å². The Bertz CT molecular complexity index is 1180. The second-order valence-electron chi connectivity index (χ2n) is 10.4. The molecule has 0 bridgehead atoms. The molecule has 2 aromatic carbocycles. The zero-order valence-electron chi connectivity index (χ0n) is 20.6. The highest BCUT2D eigenvalue weighted by Gasteiger charge is 2.37. The van der Waals surface area contributed by atoms with Crippen molar-refractivity contribution in [1.29, 1.82) is 0 Å². The largest absolute Gasteiger partial charge is 0.493 e. The number of benzene rings is 2. The van der Waals surface area contributed by atoms with E-state index in [9.17, 15) is 14.7 Å². The third-order valence-electron chi connectivity index (χ3n) is 7.72. The average molecular weight is 549 g/mol. The number of rotatable bonds is 8. The lowest BCUT2D eigenvalue weighted by molar-refractivity contribution is -0.141. The van der Waals surface area contributed by atoms with Crippen LogP contribution in [-0.4, -0.2) is 59.1 Å². The zero-order chi connectivity index (χ0) is 26.1. The molecule has 1 atom stereocenters. The second-order valence-corrected chi connectivity index (χ2v) is 11.2. The van der Waals surface area contributed by atoms with Gasteiger partial charge >= 0.3 is 5.97 Å². The molecule has 2 aromatic rings. The van der Waals surface area contributed by atoms with E-state index in [-0.39, 0.29) is 11.5 Å². The van der Waals surface area contributed by atoms with Crippen LogP contribution in [0.2, 0.25) is 10.0 Å². The summed E-state index contributed by atoms with van der Waals surface area (Å²) >= 11 is 12.2. The molecule has 198 valence electrons. The minimum absolute atomic E-state index is 0.0574. The van der Waals surface area contributed by atoms with Crippen molar-refractivity contribution in [2.45, 2.75) is 57.0 Å². The fraction of sp³-hybridized carbons (Fsp3) is 0.500. The maximum absolute atomic E-state index is 15.1. The van der Waals surface area contributed by atoms with Crippen molar-refractivity contribution in [2.24, 2.45) is 5.92 Å². The highest BCUT2D eigenvalue weighted by molar-refractivity contribution is 6.42. The molecule has 2 saturated heterocycles. The van der Waals surface area contributed by atoms with Crippen LogP contribution >= 0.6 is 23.2 Å². The molecule has 1 unspecified atom stereocenters. The predicted octanol–water partition coefficient (Wildman–Crippen LogP) is 5.99. The molecule has 1 aliphatic carbocycles. The number of hydrogen-bond acceptors (Lipinski definition) is 4. The number of carbonyl (C=O) groups excluding carboxylic acids is 1. The Labute approximate surface area is 226 Å². The number of piperidine rings is 1. The van der Waals surface area contributed by atoms with Crippen molar-refractivity contribution in [2.75, 3.05) is 26.2 Å². The van der Waals surface area contributed by atoms with Crippen LogP contribution in [0.1, 0.15) is 65.9 Å². The highest BCUT2D eigenvalue weighted by atomic mass is 35.5. The number of halogens is 3. The van der Waals surface area contributed by atoms with E-state index >= 15 is 4.39 Å². The third kappa shape index (κ3) is 6.05. The van der Waals surface area contributed by atoms with E-state index in [2.05, 4.69) is 4.90 Å². The SMILES string of the molecule is O=C(O)C1CCCN1C(=O)c1cc(C2CC2)c(OCC2CCN(Cc3ccc(Cl)c(Cl)c3)CC2)cc1F. The second kappa shape index (κ2) is 11.2. The fourth-order valence-corrected chi connectivity index (χ4v) is 5.73. The van der Waals surface area contributed by atoms with Crippen molar-refractivity contribution >= 4 is 35.1 Å². The number of nitrogens with zero attached hydrogens (tertiary/aromatic N) is 2. The van der Waals surface area contributed by atoms with E-state index in [1.165, 1.54) is 11.0 Å². The van der Waals surface area contributed by atoms with Gasteiger partial charge in [-0.3, -0.25) is 9.69 Å². The Morgan fingerprint density at radius 2 is 1.76 bits per heavy atom. The molecule has 6 nitrogen and oxygen atoms in total. The van der Waals surface area contributed by atoms with Crippen LogP contribution in [0.15, 0.2) is 30.3 Å². The molecule has 1 N–H and O–H groups in total. The Morgan fingerprint density at radius 3 is 2.43 bits per heavy atom. The van der Waals surface area contributed by atoms with E-state index in [0.29, 0.717) is 47.7 Å². The number of carboxylic acid groups (broad SMARTS) is 1. The molecule has 2 heterocycles. The zero-order valence-corrected chi connectivity index (χ0v) is 22.1. The number of ether oxygens (including phenoxy) is 1. The van der Waals surface area contributed by atoms with Crippen molar-refractivity contribution < 1.29 is 23.8 Å². The van der Waals surface area contributed by atoms with Crippen molar-refractivity contribution in [3.05, 3.63) is 62.9 Å². The summed E-state index contributed by atoms with van der Waals surface area (Å²) in [6.07, 6.45) is 4.91. The van der Waals surface area contributed by atoms with Gasteiger partial charge < -0.3 is 14.7 Å². The van der Waals surface area contributed by atoms with Crippen molar-refractivity contribution in [1.82, 2.24) is 9.80 Å². The summed E-state index contributed by atoms with van der Waals surface area (Å²) in [6, 6.07) is 7.76. The molecule has 5 rings (SSSR count). The Hall–Kier alpha value is -2.35. The molecule has 9 heteroatoms. The number of aliphatic carboxylic acids is 1. The Kier molecular flexibility index (Phi) is 7.93. The van der Waals surface area contributed by atoms with Gasteiger partial charge in [-0.25, -0.2) is 9.18 Å². The average Bonchev–Trinajstić information content (AvgIpc) is 3.60. The summed E-state index contributed by atoms with van der Waals surface area (Å²) in [6.45, 7) is 3.52. The number of hydrogen-bond donors (Lipinski definition) is 1. The maximum atomic E-state index is 15.1. The van der Waals surface area contributed by atoms with Crippen LogP contribution in [0.5, 0.6) is 5.75 Å². The molecule has 0 spiro atoms. The third-order valence-corrected chi connectivity index (χ3v) is 8.46. The molecular formula is C28H31Cl2FN2O4. The van der Waals surface area contributed by atoms with E-state index in [4.69, 9.17) is 27.9 Å². The molecule has 3 aliphatic rings. The summed E-state index contributed by atoms with van der Waals surface area (Å²) < 4.78 is 21.3. The summed E-state index contributed by atoms with van der Waals surface area (Å²) in [4.78, 5) is 28.2. The van der Waals surface area contributed by atoms with Gasteiger partial charge in [0.1, 0.15) is 17.6 Å². The number of carbonyl (C=O) groups is 2. The molecule has 37 heavy (non-hydrogen) atoms. The first-order chi connectivity index (χ1) is 17.8. The molecule has 0 radical (unpaired) electrons. The van der Waals surface area contributed by atoms with Crippen LogP contribution in [0.4, 0.5) is 4.39 Å². The van der Waals surface area contributed by atoms with Gasteiger partial charge in [-0.2, -0.15) is 0 Å². The first-order valence-corrected chi connectivity index (χ1v) is 13.7. The van der Waals surface area contributed by atoms with Crippen LogP contribution in [-0.2, 0) is 11.3 Å². The van der Waals surface area contributed by atoms with Gasteiger partial charge in [0, 0.05) is 19.2 Å². The smallest absolute Gasteiger partial charge is 0.326 e. The normalized spacial score (nSPS) is 20.8. The molecule has 1 saturated carbocycles. The van der Waals surface area contributed by atoms with Crippen molar-refractivity contribution in [3.8, 4) is 5.75 Å². The van der Waals surface area contributed by atoms with E-state index in [1.54, 1.807) is 6.07 Å². The van der Waals surface area contributed by atoms with Crippen LogP contribution in [0.3, 0.4) is 0 Å². The van der Waals surface area contributed by atoms with Crippen LogP contribution < -0.4 is 4.74 Å². The first-order valence-electron chi connectivity index (χ1n) is 13.0.